The van der Waals surface area contributed by atoms with Gasteiger partial charge in [-0.05, 0) is 18.2 Å². The van der Waals surface area contributed by atoms with Gasteiger partial charge in [-0.1, -0.05) is 6.07 Å². The zero-order chi connectivity index (χ0) is 15.0. The Labute approximate surface area is 118 Å². The smallest absolute Gasteiger partial charge is 0.270 e. The highest BCUT2D eigenvalue weighted by molar-refractivity contribution is 5.82. The largest absolute Gasteiger partial charge is 0.343 e. The van der Waals surface area contributed by atoms with E-state index in [1.807, 2.05) is 0 Å². The van der Waals surface area contributed by atoms with E-state index in [-0.39, 0.29) is 12.2 Å². The highest BCUT2D eigenvalue weighted by atomic mass is 19.1. The van der Waals surface area contributed by atoms with Crippen molar-refractivity contribution >= 4 is 16.6 Å². The molecule has 0 bridgehead atoms. The lowest BCUT2D eigenvalue weighted by molar-refractivity contribution is -0.384. The van der Waals surface area contributed by atoms with E-state index < -0.39 is 16.6 Å². The molecule has 3 aromatic rings. The van der Waals surface area contributed by atoms with Gasteiger partial charge in [0.05, 0.1) is 11.5 Å². The van der Waals surface area contributed by atoms with Crippen molar-refractivity contribution in [3.63, 3.8) is 0 Å². The Morgan fingerprint density at radius 3 is 2.62 bits per heavy atom. The van der Waals surface area contributed by atoms with Gasteiger partial charge in [0.2, 0.25) is 0 Å². The van der Waals surface area contributed by atoms with Crippen LogP contribution in [0.5, 0.6) is 0 Å². The molecular weight excluding hydrogens is 278 g/mol. The summed E-state index contributed by atoms with van der Waals surface area (Å²) in [5, 5.41) is 11.4. The molecule has 0 aliphatic rings. The van der Waals surface area contributed by atoms with Gasteiger partial charge < -0.3 is 4.57 Å². The van der Waals surface area contributed by atoms with E-state index >= 15 is 0 Å². The first-order chi connectivity index (χ1) is 10.0. The normalized spacial score (nSPS) is 11.0. The number of hydrogen-bond acceptors (Lipinski definition) is 2. The molecule has 0 saturated carbocycles. The Bertz CT molecular complexity index is 843. The van der Waals surface area contributed by atoms with Gasteiger partial charge in [0, 0.05) is 40.9 Å². The Balaban J connectivity index is 1.99. The Kier molecular flexibility index (Phi) is 3.13. The van der Waals surface area contributed by atoms with Crippen LogP contribution in [0, 0.1) is 21.7 Å². The van der Waals surface area contributed by atoms with Gasteiger partial charge in [-0.25, -0.2) is 8.78 Å². The second-order valence-corrected chi connectivity index (χ2v) is 4.68. The number of nitrogens with zero attached hydrogens (tertiary/aromatic N) is 2. The lowest BCUT2D eigenvalue weighted by atomic mass is 10.2. The molecule has 1 heterocycles. The van der Waals surface area contributed by atoms with Crippen LogP contribution in [0.1, 0.15) is 5.56 Å². The van der Waals surface area contributed by atoms with Crippen molar-refractivity contribution in [1.29, 1.82) is 0 Å². The fourth-order valence-electron chi connectivity index (χ4n) is 2.27. The highest BCUT2D eigenvalue weighted by Gasteiger charge is 2.10. The van der Waals surface area contributed by atoms with Crippen LogP contribution in [-0.4, -0.2) is 9.49 Å². The van der Waals surface area contributed by atoms with Crippen LogP contribution in [0.2, 0.25) is 0 Å². The van der Waals surface area contributed by atoms with Crippen LogP contribution in [0.3, 0.4) is 0 Å². The minimum Gasteiger partial charge on any atom is -0.343 e. The Morgan fingerprint density at radius 1 is 1.10 bits per heavy atom. The van der Waals surface area contributed by atoms with E-state index in [1.165, 1.54) is 24.3 Å². The van der Waals surface area contributed by atoms with E-state index in [2.05, 4.69) is 0 Å². The molecule has 0 saturated heterocycles. The number of halogens is 2. The van der Waals surface area contributed by atoms with Crippen LogP contribution in [0.15, 0.2) is 48.7 Å². The molecule has 3 rings (SSSR count). The van der Waals surface area contributed by atoms with Gasteiger partial charge in [0.1, 0.15) is 11.6 Å². The zero-order valence-electron chi connectivity index (χ0n) is 10.8. The maximum absolute atomic E-state index is 13.7. The third kappa shape index (κ3) is 2.47. The molecule has 6 heteroatoms. The fraction of sp³-hybridized carbons (Fsp3) is 0.0667. The van der Waals surface area contributed by atoms with E-state index in [0.29, 0.717) is 10.9 Å². The topological polar surface area (TPSA) is 48.1 Å². The summed E-state index contributed by atoms with van der Waals surface area (Å²) in [5.41, 5.74) is 1.12. The van der Waals surface area contributed by atoms with Gasteiger partial charge in [-0.2, -0.15) is 0 Å². The molecule has 0 atom stereocenters. The van der Waals surface area contributed by atoms with E-state index in [0.717, 1.165) is 11.6 Å². The van der Waals surface area contributed by atoms with E-state index in [1.54, 1.807) is 22.9 Å². The third-order valence-electron chi connectivity index (χ3n) is 3.32. The standard InChI is InChI=1S/C15H10F2N2O2/c16-12-2-1-11(14(17)8-12)9-18-6-5-10-7-13(19(20)21)3-4-15(10)18/h1-8H,9H2. The lowest BCUT2D eigenvalue weighted by Crippen LogP contribution is -2.01. The number of nitro benzene ring substituents is 1. The average molecular weight is 288 g/mol. The van der Waals surface area contributed by atoms with Crippen molar-refractivity contribution < 1.29 is 13.7 Å². The first-order valence-electron chi connectivity index (χ1n) is 6.22. The summed E-state index contributed by atoms with van der Waals surface area (Å²) in [7, 11) is 0. The van der Waals surface area contributed by atoms with Gasteiger partial charge in [0.15, 0.2) is 0 Å². The minimum atomic E-state index is -0.621. The molecule has 0 aliphatic carbocycles. The van der Waals surface area contributed by atoms with Gasteiger partial charge in [0.25, 0.3) is 5.69 Å². The Morgan fingerprint density at radius 2 is 1.90 bits per heavy atom. The number of non-ortho nitro benzene ring substituents is 1. The maximum atomic E-state index is 13.7. The van der Waals surface area contributed by atoms with E-state index in [9.17, 15) is 18.9 Å². The number of aromatic nitrogens is 1. The average Bonchev–Trinajstić information content (AvgIpc) is 2.84. The quantitative estimate of drug-likeness (QED) is 0.542. The monoisotopic (exact) mass is 288 g/mol. The van der Waals surface area contributed by atoms with Crippen molar-refractivity contribution in [3.05, 3.63) is 76.0 Å². The minimum absolute atomic E-state index is 0.00760. The molecule has 4 nitrogen and oxygen atoms in total. The first kappa shape index (κ1) is 13.2. The lowest BCUT2D eigenvalue weighted by Gasteiger charge is -2.07. The first-order valence-corrected chi connectivity index (χ1v) is 6.22. The van der Waals surface area contributed by atoms with Crippen molar-refractivity contribution in [2.45, 2.75) is 6.54 Å². The summed E-state index contributed by atoms with van der Waals surface area (Å²) in [6.45, 7) is 0.230. The van der Waals surface area contributed by atoms with Crippen molar-refractivity contribution in [1.82, 2.24) is 4.57 Å². The second-order valence-electron chi connectivity index (χ2n) is 4.68. The number of fused-ring (bicyclic) bond motifs is 1. The molecule has 0 amide bonds. The summed E-state index contributed by atoms with van der Waals surface area (Å²) < 4.78 is 28.3. The molecule has 0 aliphatic heterocycles. The molecule has 0 unspecified atom stereocenters. The van der Waals surface area contributed by atoms with Crippen LogP contribution in [0.25, 0.3) is 10.9 Å². The molecule has 0 radical (unpaired) electrons. The van der Waals surface area contributed by atoms with Crippen molar-refractivity contribution in [3.8, 4) is 0 Å². The number of hydrogen-bond donors (Lipinski definition) is 0. The Hall–Kier alpha value is -2.76. The number of nitro groups is 1. The second kappa shape index (κ2) is 4.97. The van der Waals surface area contributed by atoms with Crippen LogP contribution in [-0.2, 0) is 6.54 Å². The fourth-order valence-corrected chi connectivity index (χ4v) is 2.27. The van der Waals surface area contributed by atoms with Crippen LogP contribution >= 0.6 is 0 Å². The molecular formula is C15H10F2N2O2. The molecule has 0 spiro atoms. The summed E-state index contributed by atoms with van der Waals surface area (Å²) in [6.07, 6.45) is 1.72. The highest BCUT2D eigenvalue weighted by Crippen LogP contribution is 2.23. The van der Waals surface area contributed by atoms with Crippen molar-refractivity contribution in [2.75, 3.05) is 0 Å². The predicted molar refractivity (Wildman–Crippen MR) is 74.1 cm³/mol. The molecule has 2 aromatic carbocycles. The van der Waals surface area contributed by atoms with Gasteiger partial charge in [-0.3, -0.25) is 10.1 Å². The molecule has 0 fully saturated rings. The third-order valence-corrected chi connectivity index (χ3v) is 3.32. The van der Waals surface area contributed by atoms with Gasteiger partial charge >= 0.3 is 0 Å². The number of benzene rings is 2. The predicted octanol–water partition coefficient (Wildman–Crippen LogP) is 3.88. The van der Waals surface area contributed by atoms with E-state index in [4.69, 9.17) is 0 Å². The summed E-state index contributed by atoms with van der Waals surface area (Å²) in [5.74, 6) is -1.23. The van der Waals surface area contributed by atoms with Gasteiger partial charge in [-0.15, -0.1) is 0 Å². The van der Waals surface area contributed by atoms with Crippen LogP contribution < -0.4 is 0 Å². The maximum Gasteiger partial charge on any atom is 0.270 e. The molecule has 1 aromatic heterocycles. The zero-order valence-corrected chi connectivity index (χ0v) is 10.8. The van der Waals surface area contributed by atoms with Crippen molar-refractivity contribution in [2.24, 2.45) is 0 Å². The molecule has 106 valence electrons. The molecule has 21 heavy (non-hydrogen) atoms. The summed E-state index contributed by atoms with van der Waals surface area (Å²) in [4.78, 5) is 10.3. The number of rotatable bonds is 3. The SMILES string of the molecule is O=[N+]([O-])c1ccc2c(ccn2Cc2ccc(F)cc2F)c1. The van der Waals surface area contributed by atoms with Crippen LogP contribution in [0.4, 0.5) is 14.5 Å². The molecule has 0 N–H and O–H groups in total. The summed E-state index contributed by atoms with van der Waals surface area (Å²) >= 11 is 0. The summed E-state index contributed by atoms with van der Waals surface area (Å²) in [6, 6.07) is 9.65.